The van der Waals surface area contributed by atoms with Gasteiger partial charge in [0.25, 0.3) is 0 Å². The van der Waals surface area contributed by atoms with E-state index >= 15 is 0 Å². The number of nitrogens with zero attached hydrogens (tertiary/aromatic N) is 2. The van der Waals surface area contributed by atoms with Crippen molar-refractivity contribution >= 4 is 15.9 Å². The van der Waals surface area contributed by atoms with Gasteiger partial charge < -0.3 is 5.32 Å². The summed E-state index contributed by atoms with van der Waals surface area (Å²) in [7, 11) is 0. The zero-order valence-electron chi connectivity index (χ0n) is 11.1. The molecule has 1 saturated carbocycles. The number of nitrogens with one attached hydrogen (secondary N) is 1. The standard InChI is InChI=1S/C15H18BrN3/c1-11-13(8-17-14-6-7-14)10-19(18-11)9-12-4-2-3-5-15(12)16/h2-5,10,14,17H,6-9H2,1H3. The lowest BCUT2D eigenvalue weighted by atomic mass is 10.2. The van der Waals surface area contributed by atoms with Crippen LogP contribution in [0.1, 0.15) is 29.7 Å². The number of halogens is 1. The van der Waals surface area contributed by atoms with Gasteiger partial charge in [0.2, 0.25) is 0 Å². The van der Waals surface area contributed by atoms with Crippen LogP contribution in [0.3, 0.4) is 0 Å². The van der Waals surface area contributed by atoms with Crippen LogP contribution < -0.4 is 5.32 Å². The molecule has 0 radical (unpaired) electrons. The third kappa shape index (κ3) is 3.25. The second-order valence-electron chi connectivity index (χ2n) is 5.18. The normalized spacial score (nSPS) is 14.8. The number of aromatic nitrogens is 2. The molecule has 1 fully saturated rings. The highest BCUT2D eigenvalue weighted by Gasteiger charge is 2.20. The molecule has 100 valence electrons. The molecule has 19 heavy (non-hydrogen) atoms. The third-order valence-electron chi connectivity index (χ3n) is 3.50. The molecule has 0 saturated heterocycles. The van der Waals surface area contributed by atoms with Crippen molar-refractivity contribution < 1.29 is 0 Å². The van der Waals surface area contributed by atoms with E-state index in [0.29, 0.717) is 0 Å². The monoisotopic (exact) mass is 319 g/mol. The summed E-state index contributed by atoms with van der Waals surface area (Å²) < 4.78 is 3.17. The summed E-state index contributed by atoms with van der Waals surface area (Å²) in [4.78, 5) is 0. The maximum atomic E-state index is 4.60. The summed E-state index contributed by atoms with van der Waals surface area (Å²) in [5.41, 5.74) is 3.69. The van der Waals surface area contributed by atoms with Crippen LogP contribution in [0.25, 0.3) is 0 Å². The molecule has 1 heterocycles. The van der Waals surface area contributed by atoms with Crippen LogP contribution in [0, 0.1) is 6.92 Å². The Morgan fingerprint density at radius 1 is 1.32 bits per heavy atom. The summed E-state index contributed by atoms with van der Waals surface area (Å²) in [6, 6.07) is 9.04. The highest BCUT2D eigenvalue weighted by atomic mass is 79.9. The van der Waals surface area contributed by atoms with Crippen LogP contribution in [0.5, 0.6) is 0 Å². The van der Waals surface area contributed by atoms with Gasteiger partial charge in [0.1, 0.15) is 0 Å². The van der Waals surface area contributed by atoms with E-state index in [-0.39, 0.29) is 0 Å². The first-order chi connectivity index (χ1) is 9.22. The quantitative estimate of drug-likeness (QED) is 0.916. The lowest BCUT2D eigenvalue weighted by molar-refractivity contribution is 0.672. The van der Waals surface area contributed by atoms with Gasteiger partial charge in [-0.15, -0.1) is 0 Å². The molecule has 0 aliphatic heterocycles. The van der Waals surface area contributed by atoms with E-state index in [9.17, 15) is 0 Å². The Hall–Kier alpha value is -1.13. The van der Waals surface area contributed by atoms with Crippen LogP contribution in [0.4, 0.5) is 0 Å². The molecule has 3 nitrogen and oxygen atoms in total. The topological polar surface area (TPSA) is 29.9 Å². The number of hydrogen-bond donors (Lipinski definition) is 1. The van der Waals surface area contributed by atoms with Crippen LogP contribution >= 0.6 is 15.9 Å². The van der Waals surface area contributed by atoms with Gasteiger partial charge in [0, 0.05) is 28.8 Å². The largest absolute Gasteiger partial charge is 0.310 e. The van der Waals surface area contributed by atoms with E-state index in [1.165, 1.54) is 24.0 Å². The van der Waals surface area contributed by atoms with Crippen molar-refractivity contribution in [2.75, 3.05) is 0 Å². The highest BCUT2D eigenvalue weighted by Crippen LogP contribution is 2.20. The minimum atomic E-state index is 0.742. The number of benzene rings is 1. The van der Waals surface area contributed by atoms with Crippen LogP contribution in [0.15, 0.2) is 34.9 Å². The average molecular weight is 320 g/mol. The minimum absolute atomic E-state index is 0.742. The predicted molar refractivity (Wildman–Crippen MR) is 80.1 cm³/mol. The van der Waals surface area contributed by atoms with E-state index < -0.39 is 0 Å². The Balaban J connectivity index is 1.70. The van der Waals surface area contributed by atoms with Gasteiger partial charge in [-0.05, 0) is 31.4 Å². The van der Waals surface area contributed by atoms with Gasteiger partial charge in [-0.25, -0.2) is 0 Å². The molecule has 1 aliphatic rings. The zero-order valence-corrected chi connectivity index (χ0v) is 12.7. The van der Waals surface area contributed by atoms with Gasteiger partial charge in [0.05, 0.1) is 12.2 Å². The SMILES string of the molecule is Cc1nn(Cc2ccccc2Br)cc1CNC1CC1. The lowest BCUT2D eigenvalue weighted by Crippen LogP contribution is -2.15. The molecule has 1 aromatic heterocycles. The molecule has 3 rings (SSSR count). The minimum Gasteiger partial charge on any atom is -0.310 e. The first-order valence-electron chi connectivity index (χ1n) is 6.72. The van der Waals surface area contributed by atoms with Crippen LogP contribution in [-0.4, -0.2) is 15.8 Å². The predicted octanol–water partition coefficient (Wildman–Crippen LogP) is 3.25. The van der Waals surface area contributed by atoms with Gasteiger partial charge >= 0.3 is 0 Å². The second-order valence-corrected chi connectivity index (χ2v) is 6.04. The average Bonchev–Trinajstić information content (AvgIpc) is 3.15. The van der Waals surface area contributed by atoms with Crippen molar-refractivity contribution in [2.45, 2.75) is 38.9 Å². The molecule has 0 unspecified atom stereocenters. The van der Waals surface area contributed by atoms with Crippen LogP contribution in [-0.2, 0) is 13.1 Å². The van der Waals surface area contributed by atoms with Gasteiger partial charge in [0.15, 0.2) is 0 Å². The molecule has 0 bridgehead atoms. The zero-order chi connectivity index (χ0) is 13.2. The van der Waals surface area contributed by atoms with Gasteiger partial charge in [-0.1, -0.05) is 34.1 Å². The molecule has 4 heteroatoms. The maximum Gasteiger partial charge on any atom is 0.0670 e. The fourth-order valence-corrected chi connectivity index (χ4v) is 2.57. The first-order valence-corrected chi connectivity index (χ1v) is 7.51. The number of rotatable bonds is 5. The Kier molecular flexibility index (Phi) is 3.71. The van der Waals surface area contributed by atoms with Crippen molar-refractivity contribution in [3.8, 4) is 0 Å². The van der Waals surface area contributed by atoms with E-state index in [1.807, 2.05) is 10.7 Å². The van der Waals surface area contributed by atoms with Crippen molar-refractivity contribution in [2.24, 2.45) is 0 Å². The number of hydrogen-bond acceptors (Lipinski definition) is 2. The third-order valence-corrected chi connectivity index (χ3v) is 4.27. The summed E-state index contributed by atoms with van der Waals surface area (Å²) in [5.74, 6) is 0. The molecule has 0 spiro atoms. The Bertz CT molecular complexity index is 573. The van der Waals surface area contributed by atoms with Crippen molar-refractivity contribution in [3.63, 3.8) is 0 Å². The molecule has 1 aliphatic carbocycles. The molecular formula is C15H18BrN3. The molecule has 0 atom stereocenters. The molecule has 0 amide bonds. The van der Waals surface area contributed by atoms with E-state index in [0.717, 1.165) is 29.3 Å². The maximum absolute atomic E-state index is 4.60. The first kappa shape index (κ1) is 12.9. The fourth-order valence-electron chi connectivity index (χ4n) is 2.16. The summed E-state index contributed by atoms with van der Waals surface area (Å²) in [5, 5.41) is 8.14. The number of aryl methyl sites for hydroxylation is 1. The lowest BCUT2D eigenvalue weighted by Gasteiger charge is -2.04. The van der Waals surface area contributed by atoms with E-state index in [4.69, 9.17) is 0 Å². The summed E-state index contributed by atoms with van der Waals surface area (Å²) >= 11 is 3.58. The summed E-state index contributed by atoms with van der Waals surface area (Å²) in [6.07, 6.45) is 4.80. The second kappa shape index (κ2) is 5.47. The summed E-state index contributed by atoms with van der Waals surface area (Å²) in [6.45, 7) is 3.83. The van der Waals surface area contributed by atoms with E-state index in [1.54, 1.807) is 0 Å². The van der Waals surface area contributed by atoms with E-state index in [2.05, 4.69) is 57.7 Å². The molecule has 1 aromatic carbocycles. The van der Waals surface area contributed by atoms with Crippen LogP contribution in [0.2, 0.25) is 0 Å². The van der Waals surface area contributed by atoms with Gasteiger partial charge in [-0.2, -0.15) is 5.10 Å². The van der Waals surface area contributed by atoms with Crippen molar-refractivity contribution in [3.05, 3.63) is 51.8 Å². The Morgan fingerprint density at radius 2 is 2.11 bits per heavy atom. The highest BCUT2D eigenvalue weighted by molar-refractivity contribution is 9.10. The van der Waals surface area contributed by atoms with Crippen molar-refractivity contribution in [1.29, 1.82) is 0 Å². The Morgan fingerprint density at radius 3 is 2.84 bits per heavy atom. The molecular weight excluding hydrogens is 302 g/mol. The van der Waals surface area contributed by atoms with Gasteiger partial charge in [-0.3, -0.25) is 4.68 Å². The Labute approximate surface area is 122 Å². The van der Waals surface area contributed by atoms with Crippen molar-refractivity contribution in [1.82, 2.24) is 15.1 Å². The fraction of sp³-hybridized carbons (Fsp3) is 0.400. The molecule has 1 N–H and O–H groups in total. The smallest absolute Gasteiger partial charge is 0.0670 e. The molecule has 2 aromatic rings.